The predicted octanol–water partition coefficient (Wildman–Crippen LogP) is 4.36. The van der Waals surface area contributed by atoms with E-state index in [-0.39, 0.29) is 0 Å². The lowest BCUT2D eigenvalue weighted by Gasteiger charge is -2.09. The van der Waals surface area contributed by atoms with Crippen molar-refractivity contribution in [2.24, 2.45) is 0 Å². The number of hydrogen-bond acceptors (Lipinski definition) is 4. The molecule has 0 amide bonds. The van der Waals surface area contributed by atoms with Gasteiger partial charge in [-0.25, -0.2) is 9.97 Å². The van der Waals surface area contributed by atoms with Crippen molar-refractivity contribution in [3.05, 3.63) is 90.5 Å². The zero-order chi connectivity index (χ0) is 16.2. The molecule has 0 bridgehead atoms. The molecule has 0 atom stereocenters. The summed E-state index contributed by atoms with van der Waals surface area (Å²) >= 11 is 0. The van der Waals surface area contributed by atoms with Crippen molar-refractivity contribution in [2.75, 3.05) is 5.32 Å². The highest BCUT2D eigenvalue weighted by Gasteiger charge is 2.03. The minimum atomic E-state index is 0.822. The minimum absolute atomic E-state index is 0.822. The van der Waals surface area contributed by atoms with Gasteiger partial charge in [-0.3, -0.25) is 4.98 Å². The van der Waals surface area contributed by atoms with Crippen molar-refractivity contribution in [1.82, 2.24) is 15.0 Å². The molecule has 2 aromatic carbocycles. The summed E-state index contributed by atoms with van der Waals surface area (Å²) in [4.78, 5) is 12.7. The van der Waals surface area contributed by atoms with Gasteiger partial charge >= 0.3 is 0 Å². The molecule has 0 aliphatic heterocycles. The van der Waals surface area contributed by atoms with Gasteiger partial charge in [-0.15, -0.1) is 0 Å². The molecule has 1 N–H and O–H groups in total. The van der Waals surface area contributed by atoms with E-state index in [2.05, 4.69) is 44.5 Å². The quantitative estimate of drug-likeness (QED) is 0.608. The highest BCUT2D eigenvalue weighted by Crippen LogP contribution is 2.23. The number of hydrogen-bond donors (Lipinski definition) is 1. The fourth-order valence-corrected chi connectivity index (χ4v) is 2.68. The van der Waals surface area contributed by atoms with Crippen LogP contribution in [0.4, 0.5) is 11.5 Å². The molecule has 4 heteroatoms. The maximum Gasteiger partial charge on any atom is 0.141 e. The molecule has 0 aliphatic rings. The molecule has 4 rings (SSSR count). The van der Waals surface area contributed by atoms with Gasteiger partial charge in [0.05, 0.1) is 5.52 Å². The highest BCUT2D eigenvalue weighted by atomic mass is 15.0. The van der Waals surface area contributed by atoms with E-state index in [1.165, 1.54) is 11.1 Å². The number of benzene rings is 2. The van der Waals surface area contributed by atoms with Crippen LogP contribution >= 0.6 is 0 Å². The van der Waals surface area contributed by atoms with Crippen molar-refractivity contribution in [3.63, 3.8) is 0 Å². The van der Waals surface area contributed by atoms with Crippen molar-refractivity contribution in [3.8, 4) is 0 Å². The van der Waals surface area contributed by atoms with E-state index in [9.17, 15) is 0 Å². The zero-order valence-corrected chi connectivity index (χ0v) is 13.1. The number of aromatic nitrogens is 3. The van der Waals surface area contributed by atoms with Gasteiger partial charge in [0.15, 0.2) is 0 Å². The number of nitrogens with one attached hydrogen (secondary N) is 1. The fourth-order valence-electron chi connectivity index (χ4n) is 2.68. The van der Waals surface area contributed by atoms with Gasteiger partial charge in [0, 0.05) is 23.5 Å². The number of nitrogens with zero attached hydrogens (tertiary/aromatic N) is 3. The Hall–Kier alpha value is -3.27. The maximum absolute atomic E-state index is 4.36. The summed E-state index contributed by atoms with van der Waals surface area (Å²) in [5, 5.41) is 4.39. The fraction of sp³-hybridized carbons (Fsp3) is 0.0500. The smallest absolute Gasteiger partial charge is 0.141 e. The van der Waals surface area contributed by atoms with E-state index in [1.807, 2.05) is 48.8 Å². The summed E-state index contributed by atoms with van der Waals surface area (Å²) < 4.78 is 0. The van der Waals surface area contributed by atoms with Gasteiger partial charge in [-0.1, -0.05) is 24.3 Å². The van der Waals surface area contributed by atoms with Crippen molar-refractivity contribution in [2.45, 2.75) is 6.42 Å². The van der Waals surface area contributed by atoms with Crippen molar-refractivity contribution >= 4 is 22.4 Å². The van der Waals surface area contributed by atoms with Crippen molar-refractivity contribution in [1.29, 1.82) is 0 Å². The van der Waals surface area contributed by atoms with Crippen LogP contribution in [-0.2, 0) is 6.42 Å². The Bertz CT molecular complexity index is 945. The number of pyridine rings is 1. The van der Waals surface area contributed by atoms with E-state index >= 15 is 0 Å². The summed E-state index contributed by atoms with van der Waals surface area (Å²) in [6, 6.07) is 20.5. The third kappa shape index (κ3) is 3.08. The Morgan fingerprint density at radius 2 is 1.50 bits per heavy atom. The van der Waals surface area contributed by atoms with E-state index in [0.717, 1.165) is 28.8 Å². The zero-order valence-electron chi connectivity index (χ0n) is 13.1. The summed E-state index contributed by atoms with van der Waals surface area (Å²) in [6.07, 6.45) is 6.14. The Kier molecular flexibility index (Phi) is 3.86. The monoisotopic (exact) mass is 312 g/mol. The molecular formula is C20H16N4. The van der Waals surface area contributed by atoms with Crippen LogP contribution in [0.1, 0.15) is 11.1 Å². The van der Waals surface area contributed by atoms with Crippen LogP contribution in [0.3, 0.4) is 0 Å². The number of fused-ring (bicyclic) bond motifs is 1. The van der Waals surface area contributed by atoms with Gasteiger partial charge in [-0.2, -0.15) is 0 Å². The summed E-state index contributed by atoms with van der Waals surface area (Å²) in [6.45, 7) is 0. The van der Waals surface area contributed by atoms with Gasteiger partial charge < -0.3 is 5.32 Å². The first kappa shape index (κ1) is 14.3. The van der Waals surface area contributed by atoms with Gasteiger partial charge in [0.25, 0.3) is 0 Å². The Balaban J connectivity index is 1.55. The first-order chi connectivity index (χ1) is 11.9. The van der Waals surface area contributed by atoms with Gasteiger partial charge in [-0.05, 0) is 53.9 Å². The van der Waals surface area contributed by atoms with Crippen LogP contribution < -0.4 is 5.32 Å². The van der Waals surface area contributed by atoms with Crippen LogP contribution in [0.2, 0.25) is 0 Å². The lowest BCUT2D eigenvalue weighted by molar-refractivity contribution is 1.16. The normalized spacial score (nSPS) is 10.7. The summed E-state index contributed by atoms with van der Waals surface area (Å²) in [7, 11) is 0. The second-order valence-electron chi connectivity index (χ2n) is 5.59. The third-order valence-corrected chi connectivity index (χ3v) is 3.92. The largest absolute Gasteiger partial charge is 0.340 e. The number of rotatable bonds is 4. The van der Waals surface area contributed by atoms with E-state index in [1.54, 1.807) is 6.33 Å². The SMILES string of the molecule is c1ccc2c(Nc3ccc(Cc4ccncc4)cc3)ncnc2c1. The Morgan fingerprint density at radius 3 is 2.33 bits per heavy atom. The summed E-state index contributed by atoms with van der Waals surface area (Å²) in [5.41, 5.74) is 4.47. The van der Waals surface area contributed by atoms with Crippen LogP contribution in [0, 0.1) is 0 Å². The molecule has 0 radical (unpaired) electrons. The molecule has 0 unspecified atom stereocenters. The number of anilines is 2. The molecule has 0 saturated heterocycles. The van der Waals surface area contributed by atoms with Crippen molar-refractivity contribution < 1.29 is 0 Å². The second-order valence-corrected chi connectivity index (χ2v) is 5.59. The molecule has 116 valence electrons. The van der Waals surface area contributed by atoms with Crippen LogP contribution in [0.25, 0.3) is 10.9 Å². The molecule has 0 aliphatic carbocycles. The first-order valence-corrected chi connectivity index (χ1v) is 7.83. The van der Waals surface area contributed by atoms with E-state index < -0.39 is 0 Å². The molecule has 4 aromatic rings. The van der Waals surface area contributed by atoms with Crippen LogP contribution in [-0.4, -0.2) is 15.0 Å². The average molecular weight is 312 g/mol. The summed E-state index contributed by atoms with van der Waals surface area (Å²) in [5.74, 6) is 0.822. The molecule has 0 saturated carbocycles. The molecule has 4 nitrogen and oxygen atoms in total. The third-order valence-electron chi connectivity index (χ3n) is 3.92. The van der Waals surface area contributed by atoms with Gasteiger partial charge in [0.1, 0.15) is 12.1 Å². The molecule has 0 spiro atoms. The Labute approximate surface area is 140 Å². The standard InChI is InChI=1S/C20H16N4/c1-2-4-19-18(3-1)20(23-14-22-19)24-17-7-5-15(6-8-17)13-16-9-11-21-12-10-16/h1-12,14H,13H2,(H,22,23,24). The first-order valence-electron chi connectivity index (χ1n) is 7.83. The van der Waals surface area contributed by atoms with Gasteiger partial charge in [0.2, 0.25) is 0 Å². The Morgan fingerprint density at radius 1 is 0.750 bits per heavy atom. The van der Waals surface area contributed by atoms with Crippen LogP contribution in [0.5, 0.6) is 0 Å². The predicted molar refractivity (Wildman–Crippen MR) is 96.3 cm³/mol. The second kappa shape index (κ2) is 6.46. The van der Waals surface area contributed by atoms with E-state index in [0.29, 0.717) is 0 Å². The molecule has 2 aromatic heterocycles. The number of para-hydroxylation sites is 1. The van der Waals surface area contributed by atoms with Crippen LogP contribution in [0.15, 0.2) is 79.4 Å². The molecule has 0 fully saturated rings. The maximum atomic E-state index is 4.36. The highest BCUT2D eigenvalue weighted by molar-refractivity contribution is 5.90. The minimum Gasteiger partial charge on any atom is -0.340 e. The topological polar surface area (TPSA) is 50.7 Å². The molecular weight excluding hydrogens is 296 g/mol. The van der Waals surface area contributed by atoms with E-state index in [4.69, 9.17) is 0 Å². The average Bonchev–Trinajstić information content (AvgIpc) is 2.65. The molecule has 2 heterocycles. The lowest BCUT2D eigenvalue weighted by atomic mass is 10.1. The lowest BCUT2D eigenvalue weighted by Crippen LogP contribution is -1.96. The molecule has 24 heavy (non-hydrogen) atoms.